The Morgan fingerprint density at radius 2 is 0.902 bits per heavy atom. The summed E-state index contributed by atoms with van der Waals surface area (Å²) in [6, 6.07) is 8.25. The molecule has 0 fully saturated rings. The molecular formula is C35H54N2O4. The van der Waals surface area contributed by atoms with Crippen LogP contribution in [0.5, 0.6) is 11.5 Å². The number of methoxy groups -OCH3 is 1. The summed E-state index contributed by atoms with van der Waals surface area (Å²) in [6.07, 6.45) is 1.53. The minimum atomic E-state index is -0.254. The van der Waals surface area contributed by atoms with Crippen LogP contribution in [0.1, 0.15) is 129 Å². The number of phenols is 1. The minimum Gasteiger partial charge on any atom is -0.507 e. The first kappa shape index (κ1) is 34.2. The number of nitrogens with one attached hydrogen (secondary N) is 2. The van der Waals surface area contributed by atoms with Gasteiger partial charge >= 0.3 is 0 Å². The first-order chi connectivity index (χ1) is 18.6. The molecule has 0 spiro atoms. The summed E-state index contributed by atoms with van der Waals surface area (Å²) in [5.74, 6) is 0.740. The molecule has 6 nitrogen and oxygen atoms in total. The molecule has 0 bridgehead atoms. The van der Waals surface area contributed by atoms with E-state index in [-0.39, 0.29) is 46.3 Å². The molecule has 3 N–H and O–H groups in total. The number of hydrogen-bond acceptors (Lipinski definition) is 4. The summed E-state index contributed by atoms with van der Waals surface area (Å²) in [4.78, 5) is 25.3. The molecule has 41 heavy (non-hydrogen) atoms. The molecule has 2 aromatic rings. The monoisotopic (exact) mass is 566 g/mol. The van der Waals surface area contributed by atoms with Crippen LogP contribution in [0.25, 0.3) is 0 Å². The fraction of sp³-hybridized carbons (Fsp3) is 0.600. The zero-order valence-corrected chi connectivity index (χ0v) is 27.8. The quantitative estimate of drug-likeness (QED) is 0.307. The molecule has 0 aromatic heterocycles. The largest absolute Gasteiger partial charge is 0.507 e. The molecule has 0 atom stereocenters. The lowest BCUT2D eigenvalue weighted by molar-refractivity contribution is -0.128. The van der Waals surface area contributed by atoms with Crippen molar-refractivity contribution in [2.24, 2.45) is 0 Å². The molecule has 0 saturated carbocycles. The van der Waals surface area contributed by atoms with Gasteiger partial charge in [-0.15, -0.1) is 0 Å². The van der Waals surface area contributed by atoms with E-state index in [2.05, 4.69) is 106 Å². The van der Waals surface area contributed by atoms with Crippen molar-refractivity contribution in [2.75, 3.05) is 7.11 Å². The highest BCUT2D eigenvalue weighted by atomic mass is 16.5. The van der Waals surface area contributed by atoms with Gasteiger partial charge in [0.2, 0.25) is 11.8 Å². The van der Waals surface area contributed by atoms with Crippen LogP contribution in [0.15, 0.2) is 24.3 Å². The number of benzene rings is 2. The topological polar surface area (TPSA) is 87.7 Å². The van der Waals surface area contributed by atoms with Gasteiger partial charge in [-0.1, -0.05) is 107 Å². The van der Waals surface area contributed by atoms with Gasteiger partial charge in [-0.2, -0.15) is 0 Å². The van der Waals surface area contributed by atoms with Crippen molar-refractivity contribution in [2.45, 2.75) is 130 Å². The molecule has 228 valence electrons. The lowest BCUT2D eigenvalue weighted by Gasteiger charge is -2.30. The lowest BCUT2D eigenvalue weighted by Crippen LogP contribution is -2.41. The van der Waals surface area contributed by atoms with E-state index in [1.54, 1.807) is 7.11 Å². The molecular weight excluding hydrogens is 512 g/mol. The van der Waals surface area contributed by atoms with Gasteiger partial charge in [-0.05, 0) is 56.8 Å². The van der Waals surface area contributed by atoms with Crippen LogP contribution in [-0.4, -0.2) is 24.0 Å². The third-order valence-corrected chi connectivity index (χ3v) is 7.38. The molecule has 2 aromatic carbocycles. The van der Waals surface area contributed by atoms with E-state index in [0.717, 1.165) is 39.1 Å². The van der Waals surface area contributed by atoms with E-state index in [1.165, 1.54) is 0 Å². The van der Waals surface area contributed by atoms with Gasteiger partial charge < -0.3 is 9.84 Å². The van der Waals surface area contributed by atoms with Crippen LogP contribution in [0.3, 0.4) is 0 Å². The van der Waals surface area contributed by atoms with Gasteiger partial charge in [0.25, 0.3) is 0 Å². The molecule has 2 amide bonds. The van der Waals surface area contributed by atoms with E-state index in [4.69, 9.17) is 4.74 Å². The number of ether oxygens (including phenoxy) is 1. The van der Waals surface area contributed by atoms with Crippen molar-refractivity contribution in [3.8, 4) is 11.5 Å². The summed E-state index contributed by atoms with van der Waals surface area (Å²) >= 11 is 0. The normalized spacial score (nSPS) is 12.7. The first-order valence-electron chi connectivity index (χ1n) is 14.7. The van der Waals surface area contributed by atoms with Gasteiger partial charge in [-0.3, -0.25) is 20.4 Å². The minimum absolute atomic E-state index is 0.115. The maximum absolute atomic E-state index is 12.7. The smallest absolute Gasteiger partial charge is 0.238 e. The predicted molar refractivity (Wildman–Crippen MR) is 169 cm³/mol. The van der Waals surface area contributed by atoms with Crippen LogP contribution < -0.4 is 15.6 Å². The Bertz CT molecular complexity index is 1180. The number of amides is 2. The summed E-state index contributed by atoms with van der Waals surface area (Å²) in [5, 5.41) is 10.9. The predicted octanol–water partition coefficient (Wildman–Crippen LogP) is 7.30. The lowest BCUT2D eigenvalue weighted by atomic mass is 9.78. The fourth-order valence-electron chi connectivity index (χ4n) is 4.93. The number of hydrogen-bond donors (Lipinski definition) is 3. The highest BCUT2D eigenvalue weighted by Gasteiger charge is 2.28. The number of carbonyl (C=O) groups excluding carboxylic acids is 2. The Morgan fingerprint density at radius 1 is 0.610 bits per heavy atom. The van der Waals surface area contributed by atoms with E-state index in [1.807, 2.05) is 12.1 Å². The number of phenolic OH excluding ortho intramolecular Hbond substituents is 1. The summed E-state index contributed by atoms with van der Waals surface area (Å²) in [7, 11) is 1.71. The first-order valence-corrected chi connectivity index (χ1v) is 14.7. The molecule has 0 aliphatic rings. The van der Waals surface area contributed by atoms with Crippen LogP contribution >= 0.6 is 0 Å². The summed E-state index contributed by atoms with van der Waals surface area (Å²) < 4.78 is 5.84. The van der Waals surface area contributed by atoms with Gasteiger partial charge in [0.05, 0.1) is 7.11 Å². The second kappa shape index (κ2) is 12.5. The Balaban J connectivity index is 2.06. The van der Waals surface area contributed by atoms with Crippen LogP contribution in [0.2, 0.25) is 0 Å². The summed E-state index contributed by atoms with van der Waals surface area (Å²) in [5.41, 5.74) is 10.5. The van der Waals surface area contributed by atoms with E-state index >= 15 is 0 Å². The van der Waals surface area contributed by atoms with Crippen molar-refractivity contribution in [3.05, 3.63) is 57.6 Å². The number of aromatic hydroxyl groups is 1. The Labute approximate surface area is 248 Å². The average molecular weight is 567 g/mol. The zero-order chi connectivity index (χ0) is 31.6. The molecule has 0 saturated heterocycles. The molecule has 0 aliphatic heterocycles. The number of aryl methyl sites for hydroxylation is 2. The Kier molecular flexibility index (Phi) is 10.4. The SMILES string of the molecule is COc1c(C(C)(C)C)cc(CCC(=O)NNC(=O)CCc2cc(C(C)(C)C)c(O)c(C(C)(C)C)c2)cc1C(C)(C)C. The average Bonchev–Trinajstić information content (AvgIpc) is 2.82. The molecule has 0 heterocycles. The summed E-state index contributed by atoms with van der Waals surface area (Å²) in [6.45, 7) is 25.4. The van der Waals surface area contributed by atoms with Crippen LogP contribution in [0, 0.1) is 0 Å². The second-order valence-corrected chi connectivity index (χ2v) is 15.4. The van der Waals surface area contributed by atoms with E-state index in [0.29, 0.717) is 18.6 Å². The highest BCUT2D eigenvalue weighted by molar-refractivity contribution is 5.82. The Morgan fingerprint density at radius 3 is 1.17 bits per heavy atom. The van der Waals surface area contributed by atoms with Crippen LogP contribution in [-0.2, 0) is 44.1 Å². The molecule has 0 aliphatic carbocycles. The van der Waals surface area contributed by atoms with Gasteiger partial charge in [-0.25, -0.2) is 0 Å². The van der Waals surface area contributed by atoms with Crippen molar-refractivity contribution < 1.29 is 19.4 Å². The third kappa shape index (κ3) is 9.24. The van der Waals surface area contributed by atoms with Crippen molar-refractivity contribution >= 4 is 11.8 Å². The van der Waals surface area contributed by atoms with Gasteiger partial charge in [0, 0.05) is 24.0 Å². The number of rotatable bonds is 7. The Hall–Kier alpha value is -3.02. The van der Waals surface area contributed by atoms with Crippen molar-refractivity contribution in [3.63, 3.8) is 0 Å². The third-order valence-electron chi connectivity index (χ3n) is 7.38. The molecule has 2 rings (SSSR count). The zero-order valence-electron chi connectivity index (χ0n) is 27.8. The van der Waals surface area contributed by atoms with Gasteiger partial charge in [0.1, 0.15) is 11.5 Å². The van der Waals surface area contributed by atoms with E-state index < -0.39 is 0 Å². The number of carbonyl (C=O) groups is 2. The maximum Gasteiger partial charge on any atom is 0.238 e. The second-order valence-electron chi connectivity index (χ2n) is 15.4. The van der Waals surface area contributed by atoms with Crippen molar-refractivity contribution in [1.82, 2.24) is 10.9 Å². The maximum atomic E-state index is 12.7. The van der Waals surface area contributed by atoms with Gasteiger partial charge in [0.15, 0.2) is 0 Å². The standard InChI is InChI=1S/C35H54N2O4/c1-32(2,3)24-18-22(19-25(30(24)40)33(4,5)6)14-16-28(38)36-37-29(39)17-15-23-20-26(34(7,8)9)31(41-13)27(21-23)35(10,11)12/h18-21,40H,14-17H2,1-13H3,(H,36,38)(H,37,39). The molecule has 0 radical (unpaired) electrons. The molecule has 6 heteroatoms. The molecule has 0 unspecified atom stereocenters. The van der Waals surface area contributed by atoms with E-state index in [9.17, 15) is 14.7 Å². The fourth-order valence-corrected chi connectivity index (χ4v) is 4.93. The highest BCUT2D eigenvalue weighted by Crippen LogP contribution is 2.41. The van der Waals surface area contributed by atoms with Crippen LogP contribution in [0.4, 0.5) is 0 Å². The van der Waals surface area contributed by atoms with Crippen molar-refractivity contribution in [1.29, 1.82) is 0 Å². The number of hydrazine groups is 1.